The average molecular weight is 201 g/mol. The lowest BCUT2D eigenvalue weighted by Crippen LogP contribution is -2.35. The van der Waals surface area contributed by atoms with Crippen LogP contribution in [0.2, 0.25) is 0 Å². The molecule has 0 saturated carbocycles. The van der Waals surface area contributed by atoms with Crippen molar-refractivity contribution >= 4 is 5.91 Å². The summed E-state index contributed by atoms with van der Waals surface area (Å²) in [6.07, 6.45) is 5.99. The monoisotopic (exact) mass is 201 g/mol. The van der Waals surface area contributed by atoms with Gasteiger partial charge in [0.25, 0.3) is 0 Å². The van der Waals surface area contributed by atoms with Crippen molar-refractivity contribution in [2.45, 2.75) is 65.3 Å². The molecular formula is C11H23NO2. The summed E-state index contributed by atoms with van der Waals surface area (Å²) in [4.78, 5) is 11.1. The Kier molecular flexibility index (Phi) is 7.48. The number of rotatable bonds is 7. The Morgan fingerprint density at radius 1 is 1.29 bits per heavy atom. The summed E-state index contributed by atoms with van der Waals surface area (Å²) in [6.45, 7) is 5.82. The Hall–Kier alpha value is -0.570. The van der Waals surface area contributed by atoms with Crippen molar-refractivity contribution < 1.29 is 10.0 Å². The smallest absolute Gasteiger partial charge is 0.245 e. The largest absolute Gasteiger partial charge is 0.286 e. The summed E-state index contributed by atoms with van der Waals surface area (Å²) in [6, 6.07) is -0.0423. The van der Waals surface area contributed by atoms with Crippen LogP contribution in [0.1, 0.15) is 59.3 Å². The molecule has 3 nitrogen and oxygen atoms in total. The third-order valence-corrected chi connectivity index (χ3v) is 2.45. The zero-order valence-electron chi connectivity index (χ0n) is 9.62. The predicted octanol–water partition coefficient (Wildman–Crippen LogP) is 2.97. The molecule has 84 valence electrons. The quantitative estimate of drug-likeness (QED) is 0.391. The minimum Gasteiger partial charge on any atom is -0.286 e. The van der Waals surface area contributed by atoms with Gasteiger partial charge in [0, 0.05) is 6.42 Å². The van der Waals surface area contributed by atoms with Crippen LogP contribution in [0.5, 0.6) is 0 Å². The number of hydroxylamine groups is 2. The fourth-order valence-corrected chi connectivity index (χ4v) is 1.40. The van der Waals surface area contributed by atoms with Gasteiger partial charge in [0.1, 0.15) is 0 Å². The van der Waals surface area contributed by atoms with E-state index in [4.69, 9.17) is 0 Å². The lowest BCUT2D eigenvalue weighted by atomic mass is 10.1. The van der Waals surface area contributed by atoms with E-state index in [1.165, 1.54) is 19.3 Å². The van der Waals surface area contributed by atoms with Crippen molar-refractivity contribution in [3.8, 4) is 0 Å². The van der Waals surface area contributed by atoms with Gasteiger partial charge in [0.05, 0.1) is 6.04 Å². The molecule has 0 bridgehead atoms. The van der Waals surface area contributed by atoms with Gasteiger partial charge in [0.15, 0.2) is 0 Å². The van der Waals surface area contributed by atoms with E-state index in [1.54, 1.807) is 6.92 Å². The Bertz CT molecular complexity index is 159. The number of unbranched alkanes of at least 4 members (excludes halogenated alkanes) is 3. The molecule has 1 atom stereocenters. The van der Waals surface area contributed by atoms with Crippen molar-refractivity contribution in [3.05, 3.63) is 0 Å². The summed E-state index contributed by atoms with van der Waals surface area (Å²) in [5, 5.41) is 10.3. The normalized spacial score (nSPS) is 12.6. The van der Waals surface area contributed by atoms with E-state index in [9.17, 15) is 10.0 Å². The second-order valence-electron chi connectivity index (χ2n) is 3.79. The maximum atomic E-state index is 11.1. The summed E-state index contributed by atoms with van der Waals surface area (Å²) in [7, 11) is 0. The van der Waals surface area contributed by atoms with Gasteiger partial charge < -0.3 is 0 Å². The summed E-state index contributed by atoms with van der Waals surface area (Å²) >= 11 is 0. The lowest BCUT2D eigenvalue weighted by Gasteiger charge is -2.21. The molecule has 14 heavy (non-hydrogen) atoms. The van der Waals surface area contributed by atoms with Crippen LogP contribution in [0.3, 0.4) is 0 Å². The maximum Gasteiger partial charge on any atom is 0.245 e. The summed E-state index contributed by atoms with van der Waals surface area (Å²) in [5.74, 6) is -0.187. The molecule has 0 radical (unpaired) electrons. The highest BCUT2D eigenvalue weighted by Crippen LogP contribution is 2.09. The van der Waals surface area contributed by atoms with Crippen LogP contribution in [0.25, 0.3) is 0 Å². The third-order valence-electron chi connectivity index (χ3n) is 2.45. The predicted molar refractivity (Wildman–Crippen MR) is 57.1 cm³/mol. The molecular weight excluding hydrogens is 178 g/mol. The number of carbonyl (C=O) groups excluding carboxylic acids is 1. The molecule has 0 saturated heterocycles. The van der Waals surface area contributed by atoms with Crippen LogP contribution >= 0.6 is 0 Å². The van der Waals surface area contributed by atoms with Crippen LogP contribution in [-0.4, -0.2) is 22.2 Å². The molecule has 0 heterocycles. The SMILES string of the molecule is CCCCCCC(C)N(O)C(=O)CC. The van der Waals surface area contributed by atoms with E-state index >= 15 is 0 Å². The van der Waals surface area contributed by atoms with Gasteiger partial charge in [-0.05, 0) is 13.3 Å². The van der Waals surface area contributed by atoms with Crippen LogP contribution in [0, 0.1) is 0 Å². The Balaban J connectivity index is 3.61. The molecule has 0 fully saturated rings. The highest BCUT2D eigenvalue weighted by molar-refractivity contribution is 5.74. The molecule has 0 aromatic heterocycles. The van der Waals surface area contributed by atoms with E-state index in [1.807, 2.05) is 6.92 Å². The number of hydrogen-bond acceptors (Lipinski definition) is 2. The van der Waals surface area contributed by atoms with Crippen LogP contribution in [0.15, 0.2) is 0 Å². The average Bonchev–Trinajstić information content (AvgIpc) is 2.21. The first kappa shape index (κ1) is 13.4. The van der Waals surface area contributed by atoms with Gasteiger partial charge in [-0.15, -0.1) is 0 Å². The highest BCUT2D eigenvalue weighted by atomic mass is 16.5. The van der Waals surface area contributed by atoms with E-state index < -0.39 is 0 Å². The molecule has 0 aliphatic heterocycles. The molecule has 0 aromatic rings. The van der Waals surface area contributed by atoms with Gasteiger partial charge in [-0.3, -0.25) is 10.0 Å². The molecule has 0 aliphatic carbocycles. The third kappa shape index (κ3) is 5.22. The Morgan fingerprint density at radius 3 is 2.43 bits per heavy atom. The molecule has 1 N–H and O–H groups in total. The van der Waals surface area contributed by atoms with Gasteiger partial charge in [-0.25, -0.2) is 5.06 Å². The molecule has 3 heteroatoms. The molecule has 0 aromatic carbocycles. The van der Waals surface area contributed by atoms with E-state index in [2.05, 4.69) is 6.92 Å². The van der Waals surface area contributed by atoms with Crippen molar-refractivity contribution in [2.24, 2.45) is 0 Å². The minimum absolute atomic E-state index is 0.0423. The first-order chi connectivity index (χ1) is 6.63. The fraction of sp³-hybridized carbons (Fsp3) is 0.909. The van der Waals surface area contributed by atoms with Crippen LogP contribution in [0.4, 0.5) is 0 Å². The standard InChI is InChI=1S/C11H23NO2/c1-4-6-7-8-9-10(3)12(14)11(13)5-2/h10,14H,4-9H2,1-3H3. The lowest BCUT2D eigenvalue weighted by molar-refractivity contribution is -0.174. The summed E-state index contributed by atoms with van der Waals surface area (Å²) in [5.41, 5.74) is 0. The van der Waals surface area contributed by atoms with E-state index in [0.717, 1.165) is 17.9 Å². The number of carbonyl (C=O) groups is 1. The van der Waals surface area contributed by atoms with Crippen molar-refractivity contribution in [3.63, 3.8) is 0 Å². The minimum atomic E-state index is -0.187. The number of hydrogen-bond donors (Lipinski definition) is 1. The van der Waals surface area contributed by atoms with E-state index in [-0.39, 0.29) is 11.9 Å². The Labute approximate surface area is 87.1 Å². The van der Waals surface area contributed by atoms with Gasteiger partial charge in [-0.2, -0.15) is 0 Å². The molecule has 0 spiro atoms. The van der Waals surface area contributed by atoms with Crippen molar-refractivity contribution in [1.82, 2.24) is 5.06 Å². The fourth-order valence-electron chi connectivity index (χ4n) is 1.40. The first-order valence-corrected chi connectivity index (χ1v) is 5.64. The molecule has 0 aliphatic rings. The second kappa shape index (κ2) is 7.80. The Morgan fingerprint density at radius 2 is 1.93 bits per heavy atom. The van der Waals surface area contributed by atoms with Crippen molar-refractivity contribution in [1.29, 1.82) is 0 Å². The summed E-state index contributed by atoms with van der Waals surface area (Å²) < 4.78 is 0. The second-order valence-corrected chi connectivity index (χ2v) is 3.79. The zero-order chi connectivity index (χ0) is 11.0. The van der Waals surface area contributed by atoms with Gasteiger partial charge in [0.2, 0.25) is 5.91 Å². The maximum absolute atomic E-state index is 11.1. The zero-order valence-corrected chi connectivity index (χ0v) is 9.62. The molecule has 0 rings (SSSR count). The first-order valence-electron chi connectivity index (χ1n) is 5.64. The van der Waals surface area contributed by atoms with Crippen LogP contribution in [-0.2, 0) is 4.79 Å². The van der Waals surface area contributed by atoms with Crippen LogP contribution < -0.4 is 0 Å². The topological polar surface area (TPSA) is 40.5 Å². The molecule has 1 unspecified atom stereocenters. The van der Waals surface area contributed by atoms with Crippen molar-refractivity contribution in [2.75, 3.05) is 0 Å². The highest BCUT2D eigenvalue weighted by Gasteiger charge is 2.15. The number of amides is 1. The number of nitrogens with zero attached hydrogens (tertiary/aromatic N) is 1. The molecule has 1 amide bonds. The van der Waals surface area contributed by atoms with Gasteiger partial charge in [-0.1, -0.05) is 39.5 Å². The van der Waals surface area contributed by atoms with E-state index in [0.29, 0.717) is 6.42 Å². The van der Waals surface area contributed by atoms with Gasteiger partial charge >= 0.3 is 0 Å².